The summed E-state index contributed by atoms with van der Waals surface area (Å²) in [6, 6.07) is 9.25. The lowest BCUT2D eigenvalue weighted by atomic mass is 10.2. The van der Waals surface area contributed by atoms with Gasteiger partial charge in [0.05, 0.1) is 19.3 Å². The lowest BCUT2D eigenvalue weighted by molar-refractivity contribution is -0.143. The first-order valence-electron chi connectivity index (χ1n) is 10.7. The minimum atomic E-state index is -0.799. The highest BCUT2D eigenvalue weighted by atomic mass is 16.5. The molecule has 3 aromatic rings. The molecule has 1 aliphatic heterocycles. The van der Waals surface area contributed by atoms with Crippen LogP contribution in [0.2, 0.25) is 0 Å². The number of ether oxygens (including phenoxy) is 3. The third kappa shape index (κ3) is 4.75. The van der Waals surface area contributed by atoms with Gasteiger partial charge in [-0.15, -0.1) is 0 Å². The van der Waals surface area contributed by atoms with Gasteiger partial charge in [-0.05, 0) is 19.4 Å². The molecule has 0 bridgehead atoms. The summed E-state index contributed by atoms with van der Waals surface area (Å²) < 4.78 is 19.0. The Bertz CT molecular complexity index is 1210. The van der Waals surface area contributed by atoms with E-state index in [1.165, 1.54) is 22.3 Å². The summed E-state index contributed by atoms with van der Waals surface area (Å²) in [5.41, 5.74) is 0.0329. The zero-order valence-corrected chi connectivity index (χ0v) is 18.8. The Morgan fingerprint density at radius 2 is 1.82 bits per heavy atom. The summed E-state index contributed by atoms with van der Waals surface area (Å²) in [5.74, 6) is -0.987. The molecule has 10 nitrogen and oxygen atoms in total. The number of carbonyl (C=O) groups is 2. The van der Waals surface area contributed by atoms with Crippen molar-refractivity contribution in [2.75, 3.05) is 20.2 Å². The van der Waals surface area contributed by atoms with Crippen molar-refractivity contribution in [1.82, 2.24) is 18.9 Å². The van der Waals surface area contributed by atoms with Gasteiger partial charge in [-0.3, -0.25) is 9.59 Å². The van der Waals surface area contributed by atoms with E-state index in [0.29, 0.717) is 13.1 Å². The first-order chi connectivity index (χ1) is 15.9. The van der Waals surface area contributed by atoms with E-state index in [4.69, 9.17) is 14.2 Å². The van der Waals surface area contributed by atoms with E-state index in [2.05, 4.69) is 4.98 Å². The summed E-state index contributed by atoms with van der Waals surface area (Å²) in [4.78, 5) is 44.5. The van der Waals surface area contributed by atoms with Crippen molar-refractivity contribution in [1.29, 1.82) is 0 Å². The van der Waals surface area contributed by atoms with Gasteiger partial charge in [0.25, 0.3) is 0 Å². The van der Waals surface area contributed by atoms with E-state index in [-0.39, 0.29) is 48.5 Å². The molecule has 0 N–H and O–H groups in total. The van der Waals surface area contributed by atoms with Crippen LogP contribution in [0.4, 0.5) is 0 Å². The minimum Gasteiger partial charge on any atom is -0.481 e. The second-order valence-electron chi connectivity index (χ2n) is 8.01. The number of fused-ring (bicyclic) bond motifs is 1. The lowest BCUT2D eigenvalue weighted by Crippen LogP contribution is -2.49. The van der Waals surface area contributed by atoms with E-state index < -0.39 is 11.5 Å². The molecule has 1 aromatic carbocycles. The number of hydrogen-bond acceptors (Lipinski definition) is 7. The SMILES string of the molecule is COC(=O)c1nc2n(CC(=O)N3C[C@H](C)O[C@@H](C)C3)ccn2c(=O)c1OCc1ccccc1. The molecule has 0 aliphatic carbocycles. The summed E-state index contributed by atoms with van der Waals surface area (Å²) in [7, 11) is 1.20. The Hall–Kier alpha value is -3.66. The van der Waals surface area contributed by atoms with E-state index in [0.717, 1.165) is 5.56 Å². The molecule has 4 rings (SSSR count). The lowest BCUT2D eigenvalue weighted by Gasteiger charge is -2.35. The highest BCUT2D eigenvalue weighted by Crippen LogP contribution is 2.17. The van der Waals surface area contributed by atoms with Gasteiger partial charge < -0.3 is 23.7 Å². The smallest absolute Gasteiger partial charge is 0.360 e. The van der Waals surface area contributed by atoms with E-state index in [9.17, 15) is 14.4 Å². The number of rotatable bonds is 6. The topological polar surface area (TPSA) is 104 Å². The number of benzene rings is 1. The molecule has 0 saturated carbocycles. The summed E-state index contributed by atoms with van der Waals surface area (Å²) >= 11 is 0. The van der Waals surface area contributed by atoms with Gasteiger partial charge >= 0.3 is 11.5 Å². The fraction of sp³-hybridized carbons (Fsp3) is 0.391. The summed E-state index contributed by atoms with van der Waals surface area (Å²) in [5, 5.41) is 0. The second-order valence-corrected chi connectivity index (χ2v) is 8.01. The Labute approximate surface area is 190 Å². The molecule has 3 heterocycles. The number of imidazole rings is 1. The maximum absolute atomic E-state index is 13.1. The van der Waals surface area contributed by atoms with Crippen molar-refractivity contribution < 1.29 is 23.8 Å². The van der Waals surface area contributed by atoms with Gasteiger partial charge in [0, 0.05) is 25.5 Å². The van der Waals surface area contributed by atoms with Crippen LogP contribution in [-0.2, 0) is 27.4 Å². The predicted molar refractivity (Wildman–Crippen MR) is 118 cm³/mol. The highest BCUT2D eigenvalue weighted by Gasteiger charge is 2.27. The van der Waals surface area contributed by atoms with E-state index >= 15 is 0 Å². The minimum absolute atomic E-state index is 0.0345. The molecular formula is C23H26N4O6. The van der Waals surface area contributed by atoms with Crippen LogP contribution in [0.5, 0.6) is 5.75 Å². The average Bonchev–Trinajstić information content (AvgIpc) is 3.20. The molecule has 1 saturated heterocycles. The molecule has 1 aliphatic rings. The standard InChI is InChI=1S/C23H26N4O6/c1-15-11-26(12-16(2)33-15)18(28)13-25-9-10-27-21(29)20(19(22(30)31-3)24-23(25)27)32-14-17-7-5-4-6-8-17/h4-10,15-16H,11-14H2,1-3H3/t15-,16-/m0/s1. The number of aromatic nitrogens is 3. The van der Waals surface area contributed by atoms with Gasteiger partial charge in [0.15, 0.2) is 5.69 Å². The molecule has 174 valence electrons. The van der Waals surface area contributed by atoms with Crippen molar-refractivity contribution in [2.45, 2.75) is 39.2 Å². The van der Waals surface area contributed by atoms with Gasteiger partial charge in [-0.25, -0.2) is 14.2 Å². The molecule has 2 aromatic heterocycles. The van der Waals surface area contributed by atoms with Crippen LogP contribution in [-0.4, -0.2) is 63.1 Å². The Kier molecular flexibility index (Phi) is 6.45. The van der Waals surface area contributed by atoms with Crippen LogP contribution in [0.15, 0.2) is 47.5 Å². The maximum Gasteiger partial charge on any atom is 0.360 e. The number of esters is 1. The average molecular weight is 454 g/mol. The predicted octanol–water partition coefficient (Wildman–Crippen LogP) is 1.50. The molecule has 0 spiro atoms. The van der Waals surface area contributed by atoms with Crippen molar-refractivity contribution in [3.8, 4) is 5.75 Å². The second kappa shape index (κ2) is 9.45. The van der Waals surface area contributed by atoms with E-state index in [1.54, 1.807) is 11.1 Å². The fourth-order valence-corrected chi connectivity index (χ4v) is 3.90. The number of methoxy groups -OCH3 is 1. The fourth-order valence-electron chi connectivity index (χ4n) is 3.90. The van der Waals surface area contributed by atoms with Crippen molar-refractivity contribution >= 4 is 17.7 Å². The largest absolute Gasteiger partial charge is 0.481 e. The van der Waals surface area contributed by atoms with Gasteiger partial charge in [-0.1, -0.05) is 30.3 Å². The number of nitrogens with zero attached hydrogens (tertiary/aromatic N) is 4. The number of morpholine rings is 1. The van der Waals surface area contributed by atoms with Crippen molar-refractivity contribution in [3.05, 3.63) is 64.3 Å². The molecule has 2 atom stereocenters. The van der Waals surface area contributed by atoms with Crippen LogP contribution in [0.1, 0.15) is 29.9 Å². The molecule has 1 amide bonds. The van der Waals surface area contributed by atoms with Crippen molar-refractivity contribution in [2.24, 2.45) is 0 Å². The quantitative estimate of drug-likeness (QED) is 0.520. The van der Waals surface area contributed by atoms with Gasteiger partial charge in [-0.2, -0.15) is 0 Å². The van der Waals surface area contributed by atoms with Gasteiger partial charge in [0.2, 0.25) is 17.4 Å². The van der Waals surface area contributed by atoms with Crippen LogP contribution >= 0.6 is 0 Å². The molecule has 1 fully saturated rings. The number of hydrogen-bond donors (Lipinski definition) is 0. The first-order valence-corrected chi connectivity index (χ1v) is 10.7. The third-order valence-electron chi connectivity index (χ3n) is 5.39. The molecule has 0 unspecified atom stereocenters. The summed E-state index contributed by atoms with van der Waals surface area (Å²) in [6.07, 6.45) is 2.96. The summed E-state index contributed by atoms with van der Waals surface area (Å²) in [6.45, 7) is 4.86. The Morgan fingerprint density at radius 3 is 2.48 bits per heavy atom. The highest BCUT2D eigenvalue weighted by molar-refractivity contribution is 5.90. The zero-order chi connectivity index (χ0) is 23.5. The van der Waals surface area contributed by atoms with Crippen LogP contribution < -0.4 is 10.3 Å². The normalized spacial score (nSPS) is 18.3. The van der Waals surface area contributed by atoms with E-state index in [1.807, 2.05) is 44.2 Å². The van der Waals surface area contributed by atoms with Crippen molar-refractivity contribution in [3.63, 3.8) is 0 Å². The molecular weight excluding hydrogens is 428 g/mol. The number of amides is 1. The Balaban J connectivity index is 1.65. The molecule has 0 radical (unpaired) electrons. The Morgan fingerprint density at radius 1 is 1.12 bits per heavy atom. The molecule has 33 heavy (non-hydrogen) atoms. The maximum atomic E-state index is 13.1. The first kappa shape index (κ1) is 22.5. The molecule has 10 heteroatoms. The monoisotopic (exact) mass is 454 g/mol. The number of carbonyl (C=O) groups excluding carboxylic acids is 2. The van der Waals surface area contributed by atoms with Crippen LogP contribution in [0.25, 0.3) is 5.78 Å². The van der Waals surface area contributed by atoms with Crippen LogP contribution in [0.3, 0.4) is 0 Å². The third-order valence-corrected chi connectivity index (χ3v) is 5.39. The van der Waals surface area contributed by atoms with Crippen LogP contribution in [0, 0.1) is 0 Å². The van der Waals surface area contributed by atoms with Gasteiger partial charge in [0.1, 0.15) is 13.2 Å². The zero-order valence-electron chi connectivity index (χ0n) is 18.8.